The number of rotatable bonds is 11. The van der Waals surface area contributed by atoms with Gasteiger partial charge in [0.15, 0.2) is 11.5 Å². The van der Waals surface area contributed by atoms with Gasteiger partial charge in [-0.05, 0) is 90.1 Å². The lowest BCUT2D eigenvalue weighted by Crippen LogP contribution is -2.31. The number of aryl methyl sites for hydroxylation is 2. The Bertz CT molecular complexity index is 2010. The van der Waals surface area contributed by atoms with Crippen molar-refractivity contribution in [3.8, 4) is 11.5 Å². The maximum Gasteiger partial charge on any atom is 0.255 e. The number of carbonyl (C=O) groups is 1. The van der Waals surface area contributed by atoms with Crippen LogP contribution in [0.5, 0.6) is 11.5 Å². The number of amides is 1. The van der Waals surface area contributed by atoms with E-state index >= 15 is 0 Å². The molecule has 48 heavy (non-hydrogen) atoms. The zero-order chi connectivity index (χ0) is 33.8. The lowest BCUT2D eigenvalue weighted by molar-refractivity contribution is -0.113. The molecule has 0 bridgehead atoms. The number of para-hydroxylation sites is 1. The van der Waals surface area contributed by atoms with Gasteiger partial charge in [-0.15, -0.1) is 5.10 Å². The van der Waals surface area contributed by atoms with E-state index in [9.17, 15) is 4.79 Å². The van der Waals surface area contributed by atoms with E-state index in [2.05, 4.69) is 45.6 Å². The van der Waals surface area contributed by atoms with Gasteiger partial charge >= 0.3 is 0 Å². The van der Waals surface area contributed by atoms with Crippen molar-refractivity contribution >= 4 is 56.8 Å². The molecule has 0 saturated carbocycles. The summed E-state index contributed by atoms with van der Waals surface area (Å²) in [5, 5.41) is 12.6. The Morgan fingerprint density at radius 1 is 1.02 bits per heavy atom. The molecule has 0 saturated heterocycles. The molecular weight excluding hydrogens is 710 g/mol. The van der Waals surface area contributed by atoms with Gasteiger partial charge in [0.05, 0.1) is 16.7 Å². The van der Waals surface area contributed by atoms with Gasteiger partial charge in [-0.1, -0.05) is 89.6 Å². The second kappa shape index (κ2) is 14.9. The molecule has 1 amide bonds. The molecule has 5 aromatic rings. The highest BCUT2D eigenvalue weighted by atomic mass is 79.9. The monoisotopic (exact) mass is 743 g/mol. The number of aromatic nitrogens is 3. The van der Waals surface area contributed by atoms with E-state index in [4.69, 9.17) is 31.2 Å². The summed E-state index contributed by atoms with van der Waals surface area (Å²) in [6, 6.07) is 26.9. The molecule has 8 nitrogen and oxygen atoms in total. The number of nitrogens with zero attached hydrogens (tertiary/aromatic N) is 3. The molecule has 1 atom stereocenters. The summed E-state index contributed by atoms with van der Waals surface area (Å²) in [5.74, 6) is 2.00. The summed E-state index contributed by atoms with van der Waals surface area (Å²) >= 11 is 11.7. The van der Waals surface area contributed by atoms with E-state index in [1.807, 2.05) is 93.6 Å². The Morgan fingerprint density at radius 3 is 2.58 bits per heavy atom. The summed E-state index contributed by atoms with van der Waals surface area (Å²) in [7, 11) is 0. The van der Waals surface area contributed by atoms with Crippen LogP contribution in [0.3, 0.4) is 0 Å². The number of anilines is 2. The van der Waals surface area contributed by atoms with Gasteiger partial charge < -0.3 is 20.1 Å². The normalized spacial score (nSPS) is 13.9. The molecule has 0 radical (unpaired) electrons. The fourth-order valence-corrected chi connectivity index (χ4v) is 7.25. The van der Waals surface area contributed by atoms with E-state index < -0.39 is 6.04 Å². The number of fused-ring (bicyclic) bond motifs is 1. The first kappa shape index (κ1) is 33.6. The quantitative estimate of drug-likeness (QED) is 0.130. The maximum atomic E-state index is 14.2. The first-order valence-electron chi connectivity index (χ1n) is 15.5. The topological polar surface area (TPSA) is 90.3 Å². The van der Waals surface area contributed by atoms with Crippen LogP contribution in [0.4, 0.5) is 11.6 Å². The lowest BCUT2D eigenvalue weighted by atomic mass is 9.94. The van der Waals surface area contributed by atoms with Crippen molar-refractivity contribution < 1.29 is 14.3 Å². The van der Waals surface area contributed by atoms with E-state index in [0.29, 0.717) is 62.3 Å². The van der Waals surface area contributed by atoms with E-state index in [1.54, 1.807) is 4.68 Å². The minimum absolute atomic E-state index is 0.250. The number of thioether (sulfide) groups is 1. The number of halogens is 2. The Balaban J connectivity index is 1.39. The van der Waals surface area contributed by atoms with Gasteiger partial charge in [-0.25, -0.2) is 4.68 Å². The van der Waals surface area contributed by atoms with Crippen LogP contribution in [-0.4, -0.2) is 27.3 Å². The van der Waals surface area contributed by atoms with Gasteiger partial charge in [0.1, 0.15) is 12.6 Å². The second-order valence-electron chi connectivity index (χ2n) is 11.4. The minimum atomic E-state index is -0.631. The molecule has 246 valence electrons. The van der Waals surface area contributed by atoms with Crippen molar-refractivity contribution in [3.63, 3.8) is 0 Å². The molecule has 1 aromatic heterocycles. The van der Waals surface area contributed by atoms with Crippen molar-refractivity contribution in [3.05, 3.63) is 134 Å². The number of benzene rings is 4. The van der Waals surface area contributed by atoms with Crippen LogP contribution in [-0.2, 0) is 17.2 Å². The molecule has 4 aromatic carbocycles. The Labute approximate surface area is 298 Å². The predicted octanol–water partition coefficient (Wildman–Crippen LogP) is 9.51. The molecule has 2 N–H and O–H groups in total. The molecule has 0 aliphatic carbocycles. The van der Waals surface area contributed by atoms with E-state index in [0.717, 1.165) is 33.5 Å². The molecule has 1 aliphatic heterocycles. The molecule has 2 heterocycles. The zero-order valence-electron chi connectivity index (χ0n) is 27.0. The summed E-state index contributed by atoms with van der Waals surface area (Å²) < 4.78 is 14.9. The van der Waals surface area contributed by atoms with Crippen LogP contribution in [0.2, 0.25) is 5.02 Å². The number of ether oxygens (including phenoxy) is 2. The summed E-state index contributed by atoms with van der Waals surface area (Å²) in [6.07, 6.45) is 0. The smallest absolute Gasteiger partial charge is 0.255 e. The van der Waals surface area contributed by atoms with Crippen molar-refractivity contribution in [2.45, 2.75) is 51.3 Å². The molecule has 1 aliphatic rings. The lowest BCUT2D eigenvalue weighted by Gasteiger charge is -2.29. The average Bonchev–Trinajstić information content (AvgIpc) is 3.46. The van der Waals surface area contributed by atoms with Crippen molar-refractivity contribution in [2.75, 3.05) is 17.2 Å². The molecule has 0 fully saturated rings. The maximum absolute atomic E-state index is 14.2. The molecule has 11 heteroatoms. The van der Waals surface area contributed by atoms with Crippen LogP contribution in [0.1, 0.15) is 47.7 Å². The summed E-state index contributed by atoms with van der Waals surface area (Å²) in [4.78, 5) is 19.0. The van der Waals surface area contributed by atoms with Gasteiger partial charge in [-0.3, -0.25) is 4.79 Å². The fraction of sp³-hybridized carbons (Fsp3) is 0.216. The SMILES string of the molecule is CCOc1cc(C2C(C(=O)Nc3ccccc3C)=C(C)Nc3nc(SCc4ccccc4Cl)nn32)cc(Br)c1OCc1cccc(C)c1. The zero-order valence-corrected chi connectivity index (χ0v) is 30.2. The third-order valence-corrected chi connectivity index (χ3v) is 9.74. The second-order valence-corrected chi connectivity index (χ2v) is 13.6. The summed E-state index contributed by atoms with van der Waals surface area (Å²) in [6.45, 7) is 8.63. The molecule has 6 rings (SSSR count). The van der Waals surface area contributed by atoms with Crippen LogP contribution >= 0.6 is 39.3 Å². The van der Waals surface area contributed by atoms with Crippen molar-refractivity contribution in [1.29, 1.82) is 0 Å². The molecular formula is C37H35BrClN5O3S. The Hall–Kier alpha value is -4.25. The molecule has 1 unspecified atom stereocenters. The van der Waals surface area contributed by atoms with Gasteiger partial charge in [0.2, 0.25) is 11.1 Å². The molecule has 0 spiro atoms. The van der Waals surface area contributed by atoms with Crippen molar-refractivity contribution in [1.82, 2.24) is 14.8 Å². The number of hydrogen-bond acceptors (Lipinski definition) is 7. The number of hydrogen-bond donors (Lipinski definition) is 2. The first-order valence-corrected chi connectivity index (χ1v) is 17.7. The van der Waals surface area contributed by atoms with Gasteiger partial charge in [0.25, 0.3) is 5.91 Å². The minimum Gasteiger partial charge on any atom is -0.490 e. The highest BCUT2D eigenvalue weighted by molar-refractivity contribution is 9.10. The standard InChI is InChI=1S/C37H35BrClN5O3S/c1-5-46-31-19-27(18-28(38)34(31)47-20-25-13-10-11-22(2)17-25)33-32(35(45)41-30-16-9-6-12-23(30)3)24(4)40-36-42-37(43-44(33)36)48-21-26-14-7-8-15-29(26)39/h6-19,33H,5,20-21H2,1-4H3,(H,41,45)(H,40,42,43). The highest BCUT2D eigenvalue weighted by Gasteiger charge is 2.35. The third-order valence-electron chi connectivity index (χ3n) is 7.90. The third kappa shape index (κ3) is 7.41. The fourth-order valence-electron chi connectivity index (χ4n) is 5.56. The van der Waals surface area contributed by atoms with Gasteiger partial charge in [0, 0.05) is 22.2 Å². The van der Waals surface area contributed by atoms with Crippen LogP contribution in [0.25, 0.3) is 0 Å². The van der Waals surface area contributed by atoms with Crippen LogP contribution < -0.4 is 20.1 Å². The predicted molar refractivity (Wildman–Crippen MR) is 196 cm³/mol. The largest absolute Gasteiger partial charge is 0.490 e. The first-order chi connectivity index (χ1) is 23.2. The Morgan fingerprint density at radius 2 is 1.81 bits per heavy atom. The van der Waals surface area contributed by atoms with Crippen LogP contribution in [0.15, 0.2) is 106 Å². The number of carbonyl (C=O) groups excluding carboxylic acids is 1. The summed E-state index contributed by atoms with van der Waals surface area (Å²) in [5.41, 5.74) is 6.84. The number of nitrogens with one attached hydrogen (secondary N) is 2. The van der Waals surface area contributed by atoms with Crippen LogP contribution in [0, 0.1) is 13.8 Å². The van der Waals surface area contributed by atoms with E-state index in [1.165, 1.54) is 11.8 Å². The highest BCUT2D eigenvalue weighted by Crippen LogP contribution is 2.44. The van der Waals surface area contributed by atoms with Crippen molar-refractivity contribution in [2.24, 2.45) is 0 Å². The number of allylic oxidation sites excluding steroid dienone is 1. The van der Waals surface area contributed by atoms with Gasteiger partial charge in [-0.2, -0.15) is 4.98 Å². The Kier molecular flexibility index (Phi) is 10.4. The van der Waals surface area contributed by atoms with E-state index in [-0.39, 0.29) is 5.91 Å². The average molecular weight is 745 g/mol.